The lowest BCUT2D eigenvalue weighted by molar-refractivity contribution is 0.536. The maximum absolute atomic E-state index is 4.35. The molecule has 0 spiro atoms. The van der Waals surface area contributed by atoms with Gasteiger partial charge in [-0.05, 0) is 30.2 Å². The van der Waals surface area contributed by atoms with Gasteiger partial charge in [-0.1, -0.05) is 42.5 Å². The molecule has 1 aliphatic carbocycles. The molecule has 0 aliphatic heterocycles. The molecule has 0 saturated heterocycles. The van der Waals surface area contributed by atoms with Gasteiger partial charge in [-0.15, -0.1) is 5.10 Å². The summed E-state index contributed by atoms with van der Waals surface area (Å²) < 4.78 is 1.82. The Morgan fingerprint density at radius 1 is 1.17 bits per heavy atom. The Balaban J connectivity index is 1.53. The summed E-state index contributed by atoms with van der Waals surface area (Å²) in [5.74, 6) is 0.776. The van der Waals surface area contributed by atoms with Crippen LogP contribution in [0.3, 0.4) is 0 Å². The van der Waals surface area contributed by atoms with E-state index in [4.69, 9.17) is 0 Å². The molecule has 6 nitrogen and oxygen atoms in total. The van der Waals surface area contributed by atoms with Gasteiger partial charge in [0, 0.05) is 6.54 Å². The van der Waals surface area contributed by atoms with Gasteiger partial charge in [0.25, 0.3) is 0 Å². The van der Waals surface area contributed by atoms with Crippen LogP contribution in [0.4, 0.5) is 5.82 Å². The van der Waals surface area contributed by atoms with Crippen molar-refractivity contribution in [1.82, 2.24) is 25.0 Å². The molecule has 1 aromatic carbocycles. The van der Waals surface area contributed by atoms with Crippen LogP contribution in [0, 0.1) is 5.41 Å². The second-order valence-corrected chi connectivity index (χ2v) is 6.61. The molecule has 23 heavy (non-hydrogen) atoms. The van der Waals surface area contributed by atoms with Crippen molar-refractivity contribution in [3.8, 4) is 0 Å². The number of nitrogens with one attached hydrogen (secondary N) is 1. The molecule has 1 N–H and O–H groups in total. The van der Waals surface area contributed by atoms with Crippen LogP contribution in [-0.4, -0.2) is 31.5 Å². The third kappa shape index (κ3) is 3.02. The van der Waals surface area contributed by atoms with E-state index in [-0.39, 0.29) is 0 Å². The van der Waals surface area contributed by atoms with Crippen molar-refractivity contribution < 1.29 is 0 Å². The van der Waals surface area contributed by atoms with E-state index in [0.29, 0.717) is 12.0 Å². The Bertz CT molecular complexity index is 806. The Kier molecular flexibility index (Phi) is 3.44. The zero-order valence-corrected chi connectivity index (χ0v) is 13.2. The second kappa shape index (κ2) is 5.61. The molecule has 0 unspecified atom stereocenters. The van der Waals surface area contributed by atoms with Crippen LogP contribution in [0.25, 0.3) is 11.2 Å². The third-order valence-corrected chi connectivity index (χ3v) is 4.60. The summed E-state index contributed by atoms with van der Waals surface area (Å²) in [6.07, 6.45) is 5.41. The maximum Gasteiger partial charge on any atom is 0.184 e. The normalized spacial score (nSPS) is 15.7. The molecule has 1 aliphatic rings. The first-order valence-corrected chi connectivity index (χ1v) is 8.06. The predicted molar refractivity (Wildman–Crippen MR) is 89.1 cm³/mol. The number of hydrogen-bond acceptors (Lipinski definition) is 5. The van der Waals surface area contributed by atoms with Gasteiger partial charge >= 0.3 is 0 Å². The van der Waals surface area contributed by atoms with Crippen molar-refractivity contribution in [2.24, 2.45) is 5.41 Å². The molecular weight excluding hydrogens is 288 g/mol. The molecule has 1 saturated carbocycles. The van der Waals surface area contributed by atoms with Crippen molar-refractivity contribution in [2.75, 3.05) is 11.9 Å². The van der Waals surface area contributed by atoms with E-state index in [2.05, 4.69) is 44.7 Å². The number of hydrogen-bond donors (Lipinski definition) is 1. The smallest absolute Gasteiger partial charge is 0.184 e. The van der Waals surface area contributed by atoms with E-state index >= 15 is 0 Å². The van der Waals surface area contributed by atoms with Gasteiger partial charge < -0.3 is 5.32 Å². The van der Waals surface area contributed by atoms with Gasteiger partial charge in [0.05, 0.1) is 6.54 Å². The fourth-order valence-electron chi connectivity index (χ4n) is 2.73. The lowest BCUT2D eigenvalue weighted by Gasteiger charge is -2.09. The molecule has 118 valence electrons. The third-order valence-electron chi connectivity index (χ3n) is 4.60. The standard InChI is InChI=1S/C17H20N6/c1-17(7-8-17)9-10-18-15-14-16(20-12-19-15)23(22-21-14)11-13-5-3-2-4-6-13/h2-6,12H,7-11H2,1H3,(H,18,19,20). The first kappa shape index (κ1) is 14.1. The number of benzene rings is 1. The van der Waals surface area contributed by atoms with E-state index in [1.807, 2.05) is 22.9 Å². The van der Waals surface area contributed by atoms with E-state index in [9.17, 15) is 0 Å². The van der Waals surface area contributed by atoms with Crippen LogP contribution < -0.4 is 5.32 Å². The quantitative estimate of drug-likeness (QED) is 0.758. The summed E-state index contributed by atoms with van der Waals surface area (Å²) in [5.41, 5.74) is 3.21. The highest BCUT2D eigenvalue weighted by Gasteiger charge is 2.36. The van der Waals surface area contributed by atoms with Crippen molar-refractivity contribution in [3.05, 3.63) is 42.2 Å². The fourth-order valence-corrected chi connectivity index (χ4v) is 2.73. The van der Waals surface area contributed by atoms with Gasteiger partial charge in [-0.25, -0.2) is 14.6 Å². The predicted octanol–water partition coefficient (Wildman–Crippen LogP) is 2.87. The van der Waals surface area contributed by atoms with Crippen molar-refractivity contribution in [1.29, 1.82) is 0 Å². The highest BCUT2D eigenvalue weighted by atomic mass is 15.4. The summed E-state index contributed by atoms with van der Waals surface area (Å²) >= 11 is 0. The second-order valence-electron chi connectivity index (χ2n) is 6.61. The molecule has 2 aromatic heterocycles. The highest BCUT2D eigenvalue weighted by molar-refractivity contribution is 5.81. The first-order chi connectivity index (χ1) is 11.2. The summed E-state index contributed by atoms with van der Waals surface area (Å²) in [6.45, 7) is 3.90. The summed E-state index contributed by atoms with van der Waals surface area (Å²) in [6, 6.07) is 10.2. The van der Waals surface area contributed by atoms with Gasteiger partial charge in [0.2, 0.25) is 0 Å². The van der Waals surface area contributed by atoms with Gasteiger partial charge in [-0.3, -0.25) is 0 Å². The topological polar surface area (TPSA) is 68.5 Å². The monoisotopic (exact) mass is 308 g/mol. The summed E-state index contributed by atoms with van der Waals surface area (Å²) in [5, 5.41) is 11.9. The molecule has 0 amide bonds. The SMILES string of the molecule is CC1(CCNc2ncnc3c2nnn3Cc2ccccc2)CC1. The van der Waals surface area contributed by atoms with E-state index in [1.165, 1.54) is 18.4 Å². The van der Waals surface area contributed by atoms with Crippen molar-refractivity contribution in [3.63, 3.8) is 0 Å². The van der Waals surface area contributed by atoms with Gasteiger partial charge in [0.1, 0.15) is 6.33 Å². The summed E-state index contributed by atoms with van der Waals surface area (Å²) in [4.78, 5) is 8.68. The Morgan fingerprint density at radius 3 is 2.78 bits per heavy atom. The Hall–Kier alpha value is -2.50. The van der Waals surface area contributed by atoms with E-state index in [0.717, 1.165) is 29.9 Å². The molecule has 2 heterocycles. The molecule has 6 heteroatoms. The molecular formula is C17H20N6. The lowest BCUT2D eigenvalue weighted by Crippen LogP contribution is -2.09. The van der Waals surface area contributed by atoms with Crippen LogP contribution in [0.5, 0.6) is 0 Å². The Labute approximate surface area is 135 Å². The van der Waals surface area contributed by atoms with Crippen LogP contribution in [0.2, 0.25) is 0 Å². The van der Waals surface area contributed by atoms with Crippen LogP contribution in [0.15, 0.2) is 36.7 Å². The number of fused-ring (bicyclic) bond motifs is 1. The molecule has 0 radical (unpaired) electrons. The summed E-state index contributed by atoms with van der Waals surface area (Å²) in [7, 11) is 0. The number of anilines is 1. The minimum Gasteiger partial charge on any atom is -0.368 e. The maximum atomic E-state index is 4.35. The Morgan fingerprint density at radius 2 is 2.00 bits per heavy atom. The number of aromatic nitrogens is 5. The first-order valence-electron chi connectivity index (χ1n) is 8.06. The zero-order chi connectivity index (χ0) is 15.7. The fraction of sp³-hybridized carbons (Fsp3) is 0.412. The molecule has 0 atom stereocenters. The molecule has 3 aromatic rings. The molecule has 0 bridgehead atoms. The highest BCUT2D eigenvalue weighted by Crippen LogP contribution is 2.47. The minimum atomic E-state index is 0.532. The number of nitrogens with zero attached hydrogens (tertiary/aromatic N) is 5. The van der Waals surface area contributed by atoms with Gasteiger partial charge in [0.15, 0.2) is 17.0 Å². The van der Waals surface area contributed by atoms with Crippen LogP contribution in [0.1, 0.15) is 31.7 Å². The van der Waals surface area contributed by atoms with E-state index < -0.39 is 0 Å². The average molecular weight is 308 g/mol. The average Bonchev–Trinajstić information content (AvgIpc) is 3.16. The zero-order valence-electron chi connectivity index (χ0n) is 13.2. The molecule has 4 rings (SSSR count). The largest absolute Gasteiger partial charge is 0.368 e. The van der Waals surface area contributed by atoms with Crippen molar-refractivity contribution >= 4 is 17.0 Å². The van der Waals surface area contributed by atoms with Crippen LogP contribution >= 0.6 is 0 Å². The minimum absolute atomic E-state index is 0.532. The number of rotatable bonds is 6. The van der Waals surface area contributed by atoms with E-state index in [1.54, 1.807) is 6.33 Å². The van der Waals surface area contributed by atoms with Crippen LogP contribution in [-0.2, 0) is 6.54 Å². The van der Waals surface area contributed by atoms with Gasteiger partial charge in [-0.2, -0.15) is 0 Å². The molecule has 1 fully saturated rings. The van der Waals surface area contributed by atoms with Crippen molar-refractivity contribution in [2.45, 2.75) is 32.7 Å². The lowest BCUT2D eigenvalue weighted by atomic mass is 10.1.